The van der Waals surface area contributed by atoms with Gasteiger partial charge in [0.25, 0.3) is 0 Å². The molecule has 0 aromatic rings. The van der Waals surface area contributed by atoms with Crippen molar-refractivity contribution >= 4 is 16.1 Å². The molecule has 0 unspecified atom stereocenters. The van der Waals surface area contributed by atoms with Crippen LogP contribution in [0.4, 0.5) is 0 Å². The van der Waals surface area contributed by atoms with Gasteiger partial charge < -0.3 is 0 Å². The second kappa shape index (κ2) is 4.42. The smallest absolute Gasteiger partial charge is 0.298 e. The van der Waals surface area contributed by atoms with E-state index in [2.05, 4.69) is 9.18 Å². The van der Waals surface area contributed by atoms with Gasteiger partial charge in [-0.05, 0) is 6.92 Å². The molecule has 1 N–H and O–H groups in total. The Morgan fingerprint density at radius 1 is 1.64 bits per heavy atom. The van der Waals surface area contributed by atoms with Crippen molar-refractivity contribution in [1.29, 1.82) is 0 Å². The minimum Gasteiger partial charge on any atom is -0.298 e. The fourth-order valence-electron chi connectivity index (χ4n) is 0.406. The molecule has 0 aliphatic heterocycles. The van der Waals surface area contributed by atoms with Gasteiger partial charge in [-0.3, -0.25) is 9.55 Å². The third kappa shape index (κ3) is 7.44. The number of nitrogens with zero attached hydrogens (tertiary/aromatic N) is 1. The summed E-state index contributed by atoms with van der Waals surface area (Å²) in [7, 11) is -2.68. The van der Waals surface area contributed by atoms with Crippen LogP contribution in [-0.4, -0.2) is 32.3 Å². The Hall–Kier alpha value is -0.460. The van der Waals surface area contributed by atoms with Crippen molar-refractivity contribution in [3.05, 3.63) is 0 Å². The highest BCUT2D eigenvalue weighted by atomic mass is 32.3. The lowest BCUT2D eigenvalue weighted by Gasteiger charge is -1.98. The monoisotopic (exact) mass is 181 g/mol. The average Bonchev–Trinajstić information content (AvgIpc) is 1.85. The van der Waals surface area contributed by atoms with Crippen LogP contribution in [0.5, 0.6) is 0 Å². The predicted molar refractivity (Wildman–Crippen MR) is 41.2 cm³/mol. The van der Waals surface area contributed by atoms with Crippen molar-refractivity contribution < 1.29 is 17.2 Å². The SMILES string of the molecule is CN=C(C)CCOS(=O)(=O)O. The molecule has 0 saturated heterocycles. The molecule has 0 heterocycles. The Labute approximate surface area is 66.0 Å². The Bertz CT molecular complexity index is 231. The second-order valence-electron chi connectivity index (χ2n) is 1.96. The Balaban J connectivity index is 3.60. The van der Waals surface area contributed by atoms with E-state index in [0.717, 1.165) is 5.71 Å². The van der Waals surface area contributed by atoms with Crippen LogP contribution in [0.3, 0.4) is 0 Å². The first kappa shape index (κ1) is 10.5. The second-order valence-corrected chi connectivity index (χ2v) is 3.05. The number of aliphatic imine (C=N–C) groups is 1. The van der Waals surface area contributed by atoms with Crippen molar-refractivity contribution in [2.24, 2.45) is 4.99 Å². The van der Waals surface area contributed by atoms with E-state index >= 15 is 0 Å². The van der Waals surface area contributed by atoms with Gasteiger partial charge in [0.1, 0.15) is 0 Å². The molecule has 11 heavy (non-hydrogen) atoms. The van der Waals surface area contributed by atoms with Gasteiger partial charge in [-0.15, -0.1) is 0 Å². The third-order valence-corrected chi connectivity index (χ3v) is 1.54. The number of hydrogen-bond acceptors (Lipinski definition) is 4. The summed E-state index contributed by atoms with van der Waals surface area (Å²) >= 11 is 0. The molecule has 0 spiro atoms. The molecule has 0 aromatic carbocycles. The zero-order valence-corrected chi connectivity index (χ0v) is 7.26. The van der Waals surface area contributed by atoms with Gasteiger partial charge in [0.05, 0.1) is 6.61 Å². The molecule has 5 nitrogen and oxygen atoms in total. The third-order valence-electron chi connectivity index (χ3n) is 1.08. The normalized spacial score (nSPS) is 13.5. The van der Waals surface area contributed by atoms with E-state index in [4.69, 9.17) is 4.55 Å². The van der Waals surface area contributed by atoms with Gasteiger partial charge in [-0.25, -0.2) is 4.18 Å². The Kier molecular flexibility index (Phi) is 4.24. The largest absolute Gasteiger partial charge is 0.397 e. The summed E-state index contributed by atoms with van der Waals surface area (Å²) in [6, 6.07) is 0. The summed E-state index contributed by atoms with van der Waals surface area (Å²) in [5, 5.41) is 0. The van der Waals surface area contributed by atoms with Crippen molar-refractivity contribution in [1.82, 2.24) is 0 Å². The fraction of sp³-hybridized carbons (Fsp3) is 0.800. The van der Waals surface area contributed by atoms with Crippen LogP contribution in [0.2, 0.25) is 0 Å². The maximum Gasteiger partial charge on any atom is 0.397 e. The zero-order chi connectivity index (χ0) is 8.91. The molecule has 6 heteroatoms. The lowest BCUT2D eigenvalue weighted by Crippen LogP contribution is -2.07. The van der Waals surface area contributed by atoms with Crippen molar-refractivity contribution in [3.63, 3.8) is 0 Å². The molecule has 0 aromatic heterocycles. The first-order valence-electron chi connectivity index (χ1n) is 3.00. The first-order valence-corrected chi connectivity index (χ1v) is 4.36. The maximum atomic E-state index is 9.99. The summed E-state index contributed by atoms with van der Waals surface area (Å²) < 4.78 is 32.2. The van der Waals surface area contributed by atoms with Crippen molar-refractivity contribution in [2.75, 3.05) is 13.7 Å². The van der Waals surface area contributed by atoms with E-state index < -0.39 is 10.4 Å². The standard InChI is InChI=1S/C5H11NO4S/c1-5(6-2)3-4-10-11(7,8)9/h3-4H2,1-2H3,(H,7,8,9). The van der Waals surface area contributed by atoms with Crippen molar-refractivity contribution in [3.8, 4) is 0 Å². The number of rotatable bonds is 4. The van der Waals surface area contributed by atoms with Gasteiger partial charge in [-0.2, -0.15) is 8.42 Å². The highest BCUT2D eigenvalue weighted by molar-refractivity contribution is 7.80. The molecule has 0 aliphatic rings. The first-order chi connectivity index (χ1) is 4.95. The molecule has 0 fully saturated rings. The highest BCUT2D eigenvalue weighted by Gasteiger charge is 2.03. The van der Waals surface area contributed by atoms with Crippen LogP contribution in [0, 0.1) is 0 Å². The van der Waals surface area contributed by atoms with E-state index in [-0.39, 0.29) is 6.61 Å². The van der Waals surface area contributed by atoms with E-state index in [9.17, 15) is 8.42 Å². The molecule has 0 amide bonds. The van der Waals surface area contributed by atoms with Crippen LogP contribution in [-0.2, 0) is 14.6 Å². The quantitative estimate of drug-likeness (QED) is 0.499. The summed E-state index contributed by atoms with van der Waals surface area (Å²) in [5.41, 5.74) is 0.772. The number of hydrogen-bond donors (Lipinski definition) is 1. The van der Waals surface area contributed by atoms with Crippen molar-refractivity contribution in [2.45, 2.75) is 13.3 Å². The van der Waals surface area contributed by atoms with E-state index in [0.29, 0.717) is 6.42 Å². The van der Waals surface area contributed by atoms with Gasteiger partial charge in [-0.1, -0.05) is 0 Å². The molecule has 0 bridgehead atoms. The van der Waals surface area contributed by atoms with Gasteiger partial charge in [0, 0.05) is 19.2 Å². The molecule has 0 rings (SSSR count). The van der Waals surface area contributed by atoms with E-state index in [1.807, 2.05) is 0 Å². The highest BCUT2D eigenvalue weighted by Crippen LogP contribution is 1.91. The molecule has 66 valence electrons. The minimum absolute atomic E-state index is 0.0675. The fourth-order valence-corrected chi connectivity index (χ4v) is 0.700. The topological polar surface area (TPSA) is 76.0 Å². The lowest BCUT2D eigenvalue weighted by atomic mass is 10.3. The minimum atomic E-state index is -4.28. The summed E-state index contributed by atoms with van der Waals surface area (Å²) in [4.78, 5) is 3.77. The Morgan fingerprint density at radius 3 is 2.55 bits per heavy atom. The van der Waals surface area contributed by atoms with Gasteiger partial charge in [0.15, 0.2) is 0 Å². The lowest BCUT2D eigenvalue weighted by molar-refractivity contribution is 0.276. The van der Waals surface area contributed by atoms with Crippen LogP contribution >= 0.6 is 0 Å². The molecule has 0 radical (unpaired) electrons. The van der Waals surface area contributed by atoms with Gasteiger partial charge >= 0.3 is 10.4 Å². The van der Waals surface area contributed by atoms with E-state index in [1.165, 1.54) is 0 Å². The molecule has 0 aliphatic carbocycles. The summed E-state index contributed by atoms with van der Waals surface area (Å²) in [5.74, 6) is 0. The summed E-state index contributed by atoms with van der Waals surface area (Å²) in [6.45, 7) is 1.68. The van der Waals surface area contributed by atoms with Crippen LogP contribution in [0.15, 0.2) is 4.99 Å². The van der Waals surface area contributed by atoms with Crippen LogP contribution in [0.25, 0.3) is 0 Å². The predicted octanol–water partition coefficient (Wildman–Crippen LogP) is 0.287. The molecular weight excluding hydrogens is 170 g/mol. The molecular formula is C5H11NO4S. The maximum absolute atomic E-state index is 9.99. The summed E-state index contributed by atoms with van der Waals surface area (Å²) in [6.07, 6.45) is 0.399. The van der Waals surface area contributed by atoms with Crippen LogP contribution < -0.4 is 0 Å². The van der Waals surface area contributed by atoms with Gasteiger partial charge in [0.2, 0.25) is 0 Å². The van der Waals surface area contributed by atoms with E-state index in [1.54, 1.807) is 14.0 Å². The average molecular weight is 181 g/mol. The Morgan fingerprint density at radius 2 is 2.18 bits per heavy atom. The molecule has 0 saturated carbocycles. The molecule has 0 atom stereocenters. The van der Waals surface area contributed by atoms with Crippen LogP contribution in [0.1, 0.15) is 13.3 Å². The zero-order valence-electron chi connectivity index (χ0n) is 6.44.